The van der Waals surface area contributed by atoms with Gasteiger partial charge in [-0.05, 0) is 28.1 Å². The number of benzene rings is 1. The molecule has 1 aromatic rings. The molecule has 0 atom stereocenters. The van der Waals surface area contributed by atoms with Crippen molar-refractivity contribution in [3.63, 3.8) is 0 Å². The van der Waals surface area contributed by atoms with Crippen LogP contribution in [0, 0.1) is 5.82 Å². The fourth-order valence-corrected chi connectivity index (χ4v) is 2.57. The minimum absolute atomic E-state index is 0.209. The lowest BCUT2D eigenvalue weighted by Gasteiger charge is -2.10. The molecule has 0 unspecified atom stereocenters. The molecule has 0 aliphatic heterocycles. The molecule has 1 amide bonds. The molecule has 4 nitrogen and oxygen atoms in total. The van der Waals surface area contributed by atoms with Crippen LogP contribution in [0.3, 0.4) is 0 Å². The molecule has 20 heavy (non-hydrogen) atoms. The summed E-state index contributed by atoms with van der Waals surface area (Å²) < 4.78 is 71.1. The van der Waals surface area contributed by atoms with E-state index < -0.39 is 44.0 Å². The standard InChI is InChI=1S/C9H5BrClF4NO3S/c10-5-2-6(12)7(20(11,18)19)1-4(5)8(17)16-3-9(13,14)15/h1-2H,3H2,(H,16,17). The molecule has 0 bridgehead atoms. The summed E-state index contributed by atoms with van der Waals surface area (Å²) in [6, 6.07) is 1.17. The van der Waals surface area contributed by atoms with Crippen LogP contribution in [0.5, 0.6) is 0 Å². The van der Waals surface area contributed by atoms with E-state index in [0.717, 1.165) is 0 Å². The van der Waals surface area contributed by atoms with Crippen LogP contribution >= 0.6 is 26.6 Å². The quantitative estimate of drug-likeness (QED) is 0.629. The highest BCUT2D eigenvalue weighted by atomic mass is 79.9. The minimum Gasteiger partial charge on any atom is -0.343 e. The smallest absolute Gasteiger partial charge is 0.343 e. The number of carbonyl (C=O) groups excluding carboxylic acids is 1. The van der Waals surface area contributed by atoms with Gasteiger partial charge in [0.2, 0.25) is 0 Å². The molecule has 112 valence electrons. The third kappa shape index (κ3) is 4.60. The van der Waals surface area contributed by atoms with Gasteiger partial charge in [0, 0.05) is 15.2 Å². The van der Waals surface area contributed by atoms with Crippen molar-refractivity contribution in [3.8, 4) is 0 Å². The first-order chi connectivity index (χ1) is 8.92. The molecule has 0 radical (unpaired) electrons. The van der Waals surface area contributed by atoms with Crippen molar-refractivity contribution in [2.45, 2.75) is 11.1 Å². The molecule has 0 saturated heterocycles. The zero-order valence-electron chi connectivity index (χ0n) is 9.26. The van der Waals surface area contributed by atoms with Crippen LogP contribution in [0.2, 0.25) is 0 Å². The van der Waals surface area contributed by atoms with Gasteiger partial charge >= 0.3 is 6.18 Å². The van der Waals surface area contributed by atoms with Crippen LogP contribution in [0.25, 0.3) is 0 Å². The van der Waals surface area contributed by atoms with Crippen LogP contribution in [-0.4, -0.2) is 27.0 Å². The van der Waals surface area contributed by atoms with Gasteiger partial charge in [0.1, 0.15) is 17.3 Å². The van der Waals surface area contributed by atoms with E-state index in [2.05, 4.69) is 15.9 Å². The van der Waals surface area contributed by atoms with Crippen LogP contribution in [0.4, 0.5) is 17.6 Å². The molecular weight excluding hydrogens is 394 g/mol. The number of amides is 1. The number of hydrogen-bond acceptors (Lipinski definition) is 3. The highest BCUT2D eigenvalue weighted by Crippen LogP contribution is 2.26. The first-order valence-electron chi connectivity index (χ1n) is 4.70. The van der Waals surface area contributed by atoms with E-state index in [9.17, 15) is 30.8 Å². The minimum atomic E-state index is -4.64. The Morgan fingerprint density at radius 2 is 1.90 bits per heavy atom. The summed E-state index contributed by atoms with van der Waals surface area (Å²) in [7, 11) is 0.472. The largest absolute Gasteiger partial charge is 0.405 e. The Morgan fingerprint density at radius 3 is 2.35 bits per heavy atom. The van der Waals surface area contributed by atoms with E-state index in [1.165, 1.54) is 5.32 Å². The van der Waals surface area contributed by atoms with Gasteiger partial charge in [0.15, 0.2) is 0 Å². The van der Waals surface area contributed by atoms with Crippen LogP contribution in [-0.2, 0) is 9.05 Å². The molecule has 0 aliphatic rings. The maximum Gasteiger partial charge on any atom is 0.405 e. The maximum absolute atomic E-state index is 13.4. The Hall–Kier alpha value is -0.870. The van der Waals surface area contributed by atoms with Gasteiger partial charge < -0.3 is 5.32 Å². The summed E-state index contributed by atoms with van der Waals surface area (Å²) in [5, 5.41) is 1.52. The van der Waals surface area contributed by atoms with Crippen molar-refractivity contribution >= 4 is 41.6 Å². The van der Waals surface area contributed by atoms with E-state index in [0.29, 0.717) is 12.1 Å². The summed E-state index contributed by atoms with van der Waals surface area (Å²) in [5.41, 5.74) is -0.491. The fourth-order valence-electron chi connectivity index (χ4n) is 1.17. The molecule has 1 N–H and O–H groups in total. The summed E-state index contributed by atoms with van der Waals surface area (Å²) in [5.74, 6) is -2.46. The molecule has 0 saturated carbocycles. The van der Waals surface area contributed by atoms with E-state index in [1.807, 2.05) is 0 Å². The molecule has 0 aromatic heterocycles. The second-order valence-electron chi connectivity index (χ2n) is 3.50. The normalized spacial score (nSPS) is 12.3. The van der Waals surface area contributed by atoms with Gasteiger partial charge in [-0.1, -0.05) is 0 Å². The monoisotopic (exact) mass is 397 g/mol. The topological polar surface area (TPSA) is 63.2 Å². The first-order valence-corrected chi connectivity index (χ1v) is 7.80. The second kappa shape index (κ2) is 5.86. The lowest BCUT2D eigenvalue weighted by molar-refractivity contribution is -0.123. The van der Waals surface area contributed by atoms with E-state index in [4.69, 9.17) is 10.7 Å². The molecule has 1 rings (SSSR count). The SMILES string of the molecule is O=C(NCC(F)(F)F)c1cc(S(=O)(=O)Cl)c(F)cc1Br. The fraction of sp³-hybridized carbons (Fsp3) is 0.222. The molecule has 1 aromatic carbocycles. The number of rotatable bonds is 3. The summed E-state index contributed by atoms with van der Waals surface area (Å²) in [4.78, 5) is 10.5. The third-order valence-electron chi connectivity index (χ3n) is 1.98. The van der Waals surface area contributed by atoms with Gasteiger partial charge in [0.25, 0.3) is 15.0 Å². The van der Waals surface area contributed by atoms with Crippen LogP contribution < -0.4 is 5.32 Å². The van der Waals surface area contributed by atoms with Crippen molar-refractivity contribution in [3.05, 3.63) is 28.0 Å². The third-order valence-corrected chi connectivity index (χ3v) is 3.97. The van der Waals surface area contributed by atoms with Crippen molar-refractivity contribution in [1.29, 1.82) is 0 Å². The van der Waals surface area contributed by atoms with Gasteiger partial charge in [-0.2, -0.15) is 13.2 Å². The Labute approximate surface area is 123 Å². The summed E-state index contributed by atoms with van der Waals surface area (Å²) >= 11 is 2.75. The van der Waals surface area contributed by atoms with E-state index >= 15 is 0 Å². The number of halogens is 6. The van der Waals surface area contributed by atoms with E-state index in [-0.39, 0.29) is 4.47 Å². The number of alkyl halides is 3. The molecular formula is C9H5BrClF4NO3S. The lowest BCUT2D eigenvalue weighted by atomic mass is 10.2. The average Bonchev–Trinajstić information content (AvgIpc) is 2.23. The van der Waals surface area contributed by atoms with Crippen molar-refractivity contribution in [1.82, 2.24) is 5.32 Å². The van der Waals surface area contributed by atoms with E-state index in [1.54, 1.807) is 0 Å². The summed E-state index contributed by atoms with van der Waals surface area (Å²) in [6.07, 6.45) is -4.64. The van der Waals surface area contributed by atoms with Gasteiger partial charge in [-0.25, -0.2) is 12.8 Å². The maximum atomic E-state index is 13.4. The predicted octanol–water partition coefficient (Wildman–Crippen LogP) is 2.81. The zero-order valence-corrected chi connectivity index (χ0v) is 12.4. The van der Waals surface area contributed by atoms with Crippen LogP contribution in [0.15, 0.2) is 21.5 Å². The molecule has 0 spiro atoms. The van der Waals surface area contributed by atoms with Crippen LogP contribution in [0.1, 0.15) is 10.4 Å². The molecule has 0 aliphatic carbocycles. The highest BCUT2D eigenvalue weighted by molar-refractivity contribution is 9.10. The van der Waals surface area contributed by atoms with Gasteiger partial charge in [-0.15, -0.1) is 0 Å². The lowest BCUT2D eigenvalue weighted by Crippen LogP contribution is -2.34. The van der Waals surface area contributed by atoms with Crippen molar-refractivity contribution < 1.29 is 30.8 Å². The molecule has 0 heterocycles. The van der Waals surface area contributed by atoms with Crippen molar-refractivity contribution in [2.24, 2.45) is 0 Å². The molecule has 0 fully saturated rings. The number of hydrogen-bond donors (Lipinski definition) is 1. The average molecular weight is 399 g/mol. The Bertz CT molecular complexity index is 647. The molecule has 11 heteroatoms. The second-order valence-corrected chi connectivity index (χ2v) is 6.89. The Kier molecular flexibility index (Phi) is 5.03. The van der Waals surface area contributed by atoms with Crippen molar-refractivity contribution in [2.75, 3.05) is 6.54 Å². The zero-order chi connectivity index (χ0) is 15.7. The predicted molar refractivity (Wildman–Crippen MR) is 65.5 cm³/mol. The number of nitrogens with one attached hydrogen (secondary N) is 1. The summed E-state index contributed by atoms with van der Waals surface area (Å²) in [6.45, 7) is -1.61. The highest BCUT2D eigenvalue weighted by Gasteiger charge is 2.29. The van der Waals surface area contributed by atoms with Gasteiger partial charge in [0.05, 0.1) is 5.56 Å². The number of carbonyl (C=O) groups is 1. The Balaban J connectivity index is 3.16. The Morgan fingerprint density at radius 1 is 1.35 bits per heavy atom. The first kappa shape index (κ1) is 17.2. The van der Waals surface area contributed by atoms with Gasteiger partial charge in [-0.3, -0.25) is 4.79 Å².